The third-order valence-electron chi connectivity index (χ3n) is 4.00. The number of nitrogens with zero attached hydrogens (tertiary/aromatic N) is 3. The van der Waals surface area contributed by atoms with E-state index in [2.05, 4.69) is 62.7 Å². The molecule has 2 heterocycles. The summed E-state index contributed by atoms with van der Waals surface area (Å²) in [5, 5.41) is 9.05. The topological polar surface area (TPSA) is 30.3 Å². The van der Waals surface area contributed by atoms with Crippen molar-refractivity contribution >= 4 is 34.0 Å². The van der Waals surface area contributed by atoms with E-state index < -0.39 is 0 Å². The summed E-state index contributed by atoms with van der Waals surface area (Å²) < 4.78 is 1.28. The largest absolute Gasteiger partial charge is 0.349 e. The average Bonchev–Trinajstić information content (AvgIpc) is 2.46. The molecule has 2 aromatic carbocycles. The Morgan fingerprint density at radius 2 is 1.60 bits per heavy atom. The molecule has 0 spiro atoms. The molecule has 0 aliphatic carbocycles. The van der Waals surface area contributed by atoms with E-state index in [4.69, 9.17) is 5.26 Å². The second kappa shape index (κ2) is 4.38. The fourth-order valence-electron chi connectivity index (χ4n) is 3.12. The highest BCUT2D eigenvalue weighted by molar-refractivity contribution is 14.1. The molecule has 20 heavy (non-hydrogen) atoms. The smallest absolute Gasteiger partial charge is 0.0991 e. The molecular formula is C16H12IN3. The molecule has 0 fully saturated rings. The van der Waals surface area contributed by atoms with Gasteiger partial charge in [-0.15, -0.1) is 0 Å². The van der Waals surface area contributed by atoms with E-state index in [-0.39, 0.29) is 0 Å². The van der Waals surface area contributed by atoms with Crippen LogP contribution in [0.2, 0.25) is 0 Å². The first-order chi connectivity index (χ1) is 9.74. The van der Waals surface area contributed by atoms with Gasteiger partial charge in [-0.1, -0.05) is 0 Å². The Bertz CT molecular complexity index is 748. The van der Waals surface area contributed by atoms with E-state index in [0.717, 1.165) is 25.3 Å². The molecule has 2 aromatic rings. The summed E-state index contributed by atoms with van der Waals surface area (Å²) in [7, 11) is 0. The molecule has 4 heteroatoms. The minimum Gasteiger partial charge on any atom is -0.349 e. The number of hydrogen-bond donors (Lipinski definition) is 0. The summed E-state index contributed by atoms with van der Waals surface area (Å²) >= 11 is 2.37. The van der Waals surface area contributed by atoms with Gasteiger partial charge in [-0.05, 0) is 70.1 Å². The summed E-state index contributed by atoms with van der Waals surface area (Å²) in [4.78, 5) is 4.77. The Labute approximate surface area is 131 Å². The standard InChI is InChI=1S/C16H12IN3/c17-14-2-4-16-13(6-14)9-20-10-19(16)8-12-5-11(7-18)1-3-15(12)20/h1-6H,8-10H2. The van der Waals surface area contributed by atoms with Crippen molar-refractivity contribution in [1.82, 2.24) is 0 Å². The zero-order valence-electron chi connectivity index (χ0n) is 10.8. The number of rotatable bonds is 0. The van der Waals surface area contributed by atoms with Crippen LogP contribution in [-0.2, 0) is 13.1 Å². The molecular weight excluding hydrogens is 361 g/mol. The SMILES string of the molecule is N#Cc1ccc2c(c1)CN1CN2Cc2cc(I)ccc21. The summed E-state index contributed by atoms with van der Waals surface area (Å²) in [6, 6.07) is 14.9. The van der Waals surface area contributed by atoms with Crippen LogP contribution in [0.25, 0.3) is 0 Å². The van der Waals surface area contributed by atoms with E-state index >= 15 is 0 Å². The van der Waals surface area contributed by atoms with E-state index in [0.29, 0.717) is 0 Å². The lowest BCUT2D eigenvalue weighted by Gasteiger charge is -2.44. The van der Waals surface area contributed by atoms with Crippen LogP contribution >= 0.6 is 22.6 Å². The van der Waals surface area contributed by atoms with Gasteiger partial charge >= 0.3 is 0 Å². The van der Waals surface area contributed by atoms with E-state index in [9.17, 15) is 0 Å². The molecule has 4 rings (SSSR count). The van der Waals surface area contributed by atoms with Gasteiger partial charge in [-0.2, -0.15) is 5.26 Å². The van der Waals surface area contributed by atoms with E-state index in [1.807, 2.05) is 12.1 Å². The van der Waals surface area contributed by atoms with Crippen molar-refractivity contribution < 1.29 is 0 Å². The first-order valence-electron chi connectivity index (χ1n) is 6.56. The van der Waals surface area contributed by atoms with Crippen molar-refractivity contribution in [3.05, 3.63) is 56.7 Å². The van der Waals surface area contributed by atoms with Crippen LogP contribution in [0.5, 0.6) is 0 Å². The Kier molecular flexibility index (Phi) is 2.64. The van der Waals surface area contributed by atoms with Crippen molar-refractivity contribution in [3.8, 4) is 6.07 Å². The van der Waals surface area contributed by atoms with Crippen LogP contribution < -0.4 is 9.80 Å². The third kappa shape index (κ3) is 1.77. The zero-order chi connectivity index (χ0) is 13.7. The van der Waals surface area contributed by atoms with Gasteiger partial charge in [0.2, 0.25) is 0 Å². The van der Waals surface area contributed by atoms with Crippen LogP contribution in [0.15, 0.2) is 36.4 Å². The number of hydrogen-bond acceptors (Lipinski definition) is 3. The Balaban J connectivity index is 1.82. The molecule has 0 amide bonds. The molecule has 3 nitrogen and oxygen atoms in total. The number of halogens is 1. The van der Waals surface area contributed by atoms with Crippen LogP contribution in [-0.4, -0.2) is 6.67 Å². The minimum atomic E-state index is 0.744. The number of nitriles is 1. The molecule has 0 radical (unpaired) electrons. The van der Waals surface area contributed by atoms with Crippen LogP contribution in [0, 0.1) is 14.9 Å². The van der Waals surface area contributed by atoms with Gasteiger partial charge in [-0.25, -0.2) is 0 Å². The van der Waals surface area contributed by atoms with Gasteiger partial charge in [-0.3, -0.25) is 0 Å². The fourth-order valence-corrected chi connectivity index (χ4v) is 3.68. The Hall–Kier alpha value is -1.74. The lowest BCUT2D eigenvalue weighted by Crippen LogP contribution is -2.46. The quantitative estimate of drug-likeness (QED) is 0.663. The van der Waals surface area contributed by atoms with Gasteiger partial charge in [0.25, 0.3) is 0 Å². The van der Waals surface area contributed by atoms with Crippen LogP contribution in [0.1, 0.15) is 16.7 Å². The van der Waals surface area contributed by atoms with Crippen molar-refractivity contribution in [2.45, 2.75) is 13.1 Å². The monoisotopic (exact) mass is 373 g/mol. The third-order valence-corrected chi connectivity index (χ3v) is 4.67. The lowest BCUT2D eigenvalue weighted by molar-refractivity contribution is 0.650. The molecule has 98 valence electrons. The molecule has 0 unspecified atom stereocenters. The maximum Gasteiger partial charge on any atom is 0.0991 e. The van der Waals surface area contributed by atoms with Gasteiger partial charge in [0.05, 0.1) is 18.3 Å². The molecule has 0 saturated carbocycles. The Morgan fingerprint density at radius 1 is 0.950 bits per heavy atom. The van der Waals surface area contributed by atoms with E-state index in [1.54, 1.807) is 0 Å². The average molecular weight is 373 g/mol. The van der Waals surface area contributed by atoms with Crippen molar-refractivity contribution in [3.63, 3.8) is 0 Å². The second-order valence-corrected chi connectivity index (χ2v) is 6.51. The maximum atomic E-state index is 9.05. The summed E-state index contributed by atoms with van der Waals surface area (Å²) in [5.74, 6) is 0. The van der Waals surface area contributed by atoms with Gasteiger partial charge in [0, 0.05) is 28.0 Å². The highest BCUT2D eigenvalue weighted by Crippen LogP contribution is 2.38. The lowest BCUT2D eigenvalue weighted by atomic mass is 10.0. The van der Waals surface area contributed by atoms with Gasteiger partial charge < -0.3 is 9.80 Å². The number of fused-ring (bicyclic) bond motifs is 6. The highest BCUT2D eigenvalue weighted by atomic mass is 127. The Morgan fingerprint density at radius 3 is 2.30 bits per heavy atom. The minimum absolute atomic E-state index is 0.744. The van der Waals surface area contributed by atoms with Crippen molar-refractivity contribution in [2.24, 2.45) is 0 Å². The molecule has 0 aromatic heterocycles. The molecule has 2 aliphatic heterocycles. The molecule has 0 saturated heterocycles. The van der Waals surface area contributed by atoms with Gasteiger partial charge in [0.15, 0.2) is 0 Å². The summed E-state index contributed by atoms with van der Waals surface area (Å²) in [6.45, 7) is 2.77. The van der Waals surface area contributed by atoms with Crippen molar-refractivity contribution in [1.29, 1.82) is 5.26 Å². The summed E-state index contributed by atoms with van der Waals surface area (Å²) in [6.07, 6.45) is 0. The molecule has 0 N–H and O–H groups in total. The summed E-state index contributed by atoms with van der Waals surface area (Å²) in [5.41, 5.74) is 5.98. The van der Waals surface area contributed by atoms with Crippen LogP contribution in [0.3, 0.4) is 0 Å². The van der Waals surface area contributed by atoms with Crippen LogP contribution in [0.4, 0.5) is 11.4 Å². The normalized spacial score (nSPS) is 15.4. The molecule has 0 atom stereocenters. The predicted molar refractivity (Wildman–Crippen MR) is 87.5 cm³/mol. The molecule has 2 aliphatic rings. The second-order valence-electron chi connectivity index (χ2n) is 5.27. The molecule has 2 bridgehead atoms. The van der Waals surface area contributed by atoms with E-state index in [1.165, 1.54) is 26.1 Å². The predicted octanol–water partition coefficient (Wildman–Crippen LogP) is 3.46. The highest BCUT2D eigenvalue weighted by Gasteiger charge is 2.29. The van der Waals surface area contributed by atoms with Crippen molar-refractivity contribution in [2.75, 3.05) is 16.5 Å². The maximum absolute atomic E-state index is 9.05. The number of benzene rings is 2. The first-order valence-corrected chi connectivity index (χ1v) is 7.64. The number of anilines is 2. The fraction of sp³-hybridized carbons (Fsp3) is 0.188. The zero-order valence-corrected chi connectivity index (χ0v) is 13.0. The van der Waals surface area contributed by atoms with Gasteiger partial charge in [0.1, 0.15) is 0 Å². The first kappa shape index (κ1) is 12.0.